The fraction of sp³-hybridized carbons (Fsp3) is 0.333. The third-order valence-corrected chi connectivity index (χ3v) is 4.72. The molecule has 20 heavy (non-hydrogen) atoms. The lowest BCUT2D eigenvalue weighted by atomic mass is 10.1. The molecule has 1 heterocycles. The van der Waals surface area contributed by atoms with Crippen molar-refractivity contribution in [2.24, 2.45) is 0 Å². The molecule has 1 aromatic rings. The number of hydrogen-bond donors (Lipinski definition) is 2. The molecule has 8 heteroatoms. The molecule has 2 rings (SSSR count). The SMILES string of the molecule is O=C1CN(S(=O)(=O)Cc2cccc(C(=O)O)c2)CCN1. The topological polar surface area (TPSA) is 104 Å². The molecule has 1 fully saturated rings. The second kappa shape index (κ2) is 5.59. The normalized spacial score (nSPS) is 16.7. The molecule has 1 aliphatic rings. The molecule has 1 saturated heterocycles. The fourth-order valence-corrected chi connectivity index (χ4v) is 3.42. The first-order valence-electron chi connectivity index (χ1n) is 5.95. The van der Waals surface area contributed by atoms with Crippen LogP contribution in [0.5, 0.6) is 0 Å². The number of hydrogen-bond acceptors (Lipinski definition) is 4. The van der Waals surface area contributed by atoms with Gasteiger partial charge in [-0.3, -0.25) is 4.79 Å². The molecule has 108 valence electrons. The summed E-state index contributed by atoms with van der Waals surface area (Å²) in [5, 5.41) is 11.4. The predicted molar refractivity (Wildman–Crippen MR) is 70.6 cm³/mol. The van der Waals surface area contributed by atoms with Crippen LogP contribution in [0.3, 0.4) is 0 Å². The second-order valence-corrected chi connectivity index (χ2v) is 6.41. The highest BCUT2D eigenvalue weighted by molar-refractivity contribution is 7.88. The number of amides is 1. The van der Waals surface area contributed by atoms with Crippen LogP contribution in [0.4, 0.5) is 0 Å². The van der Waals surface area contributed by atoms with Crippen molar-refractivity contribution in [1.82, 2.24) is 9.62 Å². The minimum Gasteiger partial charge on any atom is -0.478 e. The first-order chi connectivity index (χ1) is 9.38. The van der Waals surface area contributed by atoms with Crippen molar-refractivity contribution in [2.45, 2.75) is 5.75 Å². The molecule has 1 aliphatic heterocycles. The molecule has 0 saturated carbocycles. The predicted octanol–water partition coefficient (Wildman–Crippen LogP) is -0.354. The minimum atomic E-state index is -3.63. The first-order valence-corrected chi connectivity index (χ1v) is 7.56. The highest BCUT2D eigenvalue weighted by atomic mass is 32.2. The van der Waals surface area contributed by atoms with E-state index in [1.165, 1.54) is 18.2 Å². The Hall–Kier alpha value is -1.93. The smallest absolute Gasteiger partial charge is 0.335 e. The maximum absolute atomic E-state index is 12.2. The zero-order valence-electron chi connectivity index (χ0n) is 10.6. The van der Waals surface area contributed by atoms with E-state index in [1.807, 2.05) is 0 Å². The van der Waals surface area contributed by atoms with Crippen molar-refractivity contribution in [1.29, 1.82) is 0 Å². The van der Waals surface area contributed by atoms with Gasteiger partial charge in [0.1, 0.15) is 0 Å². The summed E-state index contributed by atoms with van der Waals surface area (Å²) in [5.41, 5.74) is 0.421. The first kappa shape index (κ1) is 14.5. The monoisotopic (exact) mass is 298 g/mol. The van der Waals surface area contributed by atoms with Crippen LogP contribution >= 0.6 is 0 Å². The van der Waals surface area contributed by atoms with Crippen LogP contribution in [0.25, 0.3) is 0 Å². The van der Waals surface area contributed by atoms with E-state index in [4.69, 9.17) is 5.11 Å². The molecule has 1 aromatic carbocycles. The molecule has 0 atom stereocenters. The lowest BCUT2D eigenvalue weighted by Gasteiger charge is -2.25. The zero-order chi connectivity index (χ0) is 14.8. The number of carbonyl (C=O) groups excluding carboxylic acids is 1. The summed E-state index contributed by atoms with van der Waals surface area (Å²) in [4.78, 5) is 22.1. The number of carboxylic acid groups (broad SMARTS) is 1. The zero-order valence-corrected chi connectivity index (χ0v) is 11.4. The van der Waals surface area contributed by atoms with Gasteiger partial charge in [-0.2, -0.15) is 4.31 Å². The van der Waals surface area contributed by atoms with E-state index in [0.29, 0.717) is 5.56 Å². The maximum Gasteiger partial charge on any atom is 0.335 e. The molecule has 0 unspecified atom stereocenters. The van der Waals surface area contributed by atoms with E-state index < -0.39 is 16.0 Å². The number of carbonyl (C=O) groups is 2. The second-order valence-electron chi connectivity index (χ2n) is 4.45. The molecule has 0 bridgehead atoms. The van der Waals surface area contributed by atoms with Gasteiger partial charge < -0.3 is 10.4 Å². The summed E-state index contributed by atoms with van der Waals surface area (Å²) in [6.45, 7) is 0.320. The molecule has 0 spiro atoms. The Bertz CT molecular complexity index is 641. The fourth-order valence-electron chi connectivity index (χ4n) is 1.95. The van der Waals surface area contributed by atoms with Gasteiger partial charge in [-0.1, -0.05) is 12.1 Å². The summed E-state index contributed by atoms with van der Waals surface area (Å²) in [5.74, 6) is -1.76. The van der Waals surface area contributed by atoms with Crippen LogP contribution in [0, 0.1) is 0 Å². The van der Waals surface area contributed by atoms with Crippen LogP contribution in [-0.4, -0.2) is 49.3 Å². The maximum atomic E-state index is 12.2. The Labute approximate surface area is 116 Å². The number of nitrogens with zero attached hydrogens (tertiary/aromatic N) is 1. The van der Waals surface area contributed by atoms with Crippen LogP contribution in [0.2, 0.25) is 0 Å². The summed E-state index contributed by atoms with van der Waals surface area (Å²) in [6.07, 6.45) is 0. The van der Waals surface area contributed by atoms with E-state index in [0.717, 1.165) is 4.31 Å². The van der Waals surface area contributed by atoms with Crippen molar-refractivity contribution in [3.05, 3.63) is 35.4 Å². The summed E-state index contributed by atoms with van der Waals surface area (Å²) < 4.78 is 25.5. The van der Waals surface area contributed by atoms with Gasteiger partial charge in [0.25, 0.3) is 0 Å². The largest absolute Gasteiger partial charge is 0.478 e. The highest BCUT2D eigenvalue weighted by Gasteiger charge is 2.27. The van der Waals surface area contributed by atoms with Crippen molar-refractivity contribution in [2.75, 3.05) is 19.6 Å². The third-order valence-electron chi connectivity index (χ3n) is 2.92. The molecule has 0 radical (unpaired) electrons. The van der Waals surface area contributed by atoms with Crippen LogP contribution in [0.1, 0.15) is 15.9 Å². The summed E-state index contributed by atoms with van der Waals surface area (Å²) in [6, 6.07) is 5.77. The molecular formula is C12H14N2O5S. The molecular weight excluding hydrogens is 284 g/mol. The number of rotatable bonds is 4. The molecule has 2 N–H and O–H groups in total. The van der Waals surface area contributed by atoms with Crippen LogP contribution in [-0.2, 0) is 20.6 Å². The van der Waals surface area contributed by atoms with E-state index in [2.05, 4.69) is 5.32 Å². The number of carboxylic acids is 1. The van der Waals surface area contributed by atoms with Gasteiger partial charge in [0.2, 0.25) is 15.9 Å². The van der Waals surface area contributed by atoms with E-state index >= 15 is 0 Å². The Balaban J connectivity index is 2.17. The lowest BCUT2D eigenvalue weighted by molar-refractivity contribution is -0.122. The highest BCUT2D eigenvalue weighted by Crippen LogP contribution is 2.13. The Morgan fingerprint density at radius 3 is 2.80 bits per heavy atom. The van der Waals surface area contributed by atoms with Gasteiger partial charge in [0.15, 0.2) is 0 Å². The van der Waals surface area contributed by atoms with Crippen molar-refractivity contribution in [3.8, 4) is 0 Å². The molecule has 0 aliphatic carbocycles. The van der Waals surface area contributed by atoms with E-state index in [-0.39, 0.29) is 36.9 Å². The van der Waals surface area contributed by atoms with Gasteiger partial charge in [-0.25, -0.2) is 13.2 Å². The Kier molecular flexibility index (Phi) is 4.05. The van der Waals surface area contributed by atoms with E-state index in [9.17, 15) is 18.0 Å². The molecule has 7 nitrogen and oxygen atoms in total. The third kappa shape index (κ3) is 3.34. The van der Waals surface area contributed by atoms with Gasteiger partial charge in [0.05, 0.1) is 17.9 Å². The van der Waals surface area contributed by atoms with E-state index in [1.54, 1.807) is 6.07 Å². The van der Waals surface area contributed by atoms with Gasteiger partial charge in [0, 0.05) is 13.1 Å². The molecule has 0 aromatic heterocycles. The van der Waals surface area contributed by atoms with Crippen molar-refractivity contribution < 1.29 is 23.1 Å². The Morgan fingerprint density at radius 2 is 2.15 bits per heavy atom. The van der Waals surface area contributed by atoms with Gasteiger partial charge in [-0.15, -0.1) is 0 Å². The average Bonchev–Trinajstić information content (AvgIpc) is 2.38. The van der Waals surface area contributed by atoms with Crippen molar-refractivity contribution >= 4 is 21.9 Å². The van der Waals surface area contributed by atoms with Gasteiger partial charge >= 0.3 is 5.97 Å². The number of nitrogens with one attached hydrogen (secondary N) is 1. The number of aromatic carboxylic acids is 1. The van der Waals surface area contributed by atoms with Crippen LogP contribution < -0.4 is 5.32 Å². The summed E-state index contributed by atoms with van der Waals surface area (Å²) >= 11 is 0. The Morgan fingerprint density at radius 1 is 1.40 bits per heavy atom. The number of sulfonamides is 1. The van der Waals surface area contributed by atoms with Crippen molar-refractivity contribution in [3.63, 3.8) is 0 Å². The van der Waals surface area contributed by atoms with Gasteiger partial charge in [-0.05, 0) is 17.7 Å². The lowest BCUT2D eigenvalue weighted by Crippen LogP contribution is -2.50. The average molecular weight is 298 g/mol. The van der Waals surface area contributed by atoms with Crippen LogP contribution in [0.15, 0.2) is 24.3 Å². The minimum absolute atomic E-state index is 0.0362. The number of benzene rings is 1. The standard InChI is InChI=1S/C12H14N2O5S/c15-11-7-14(5-4-13-11)20(18,19)8-9-2-1-3-10(6-9)12(16)17/h1-3,6H,4-5,7-8H2,(H,13,15)(H,16,17). The molecule has 1 amide bonds. The summed E-state index contributed by atoms with van der Waals surface area (Å²) in [7, 11) is -3.63. The number of piperazine rings is 1. The quantitative estimate of drug-likeness (QED) is 0.790.